The third-order valence-corrected chi connectivity index (χ3v) is 3.80. The first kappa shape index (κ1) is 16.7. The number of rotatable bonds is 3. The predicted octanol–water partition coefficient (Wildman–Crippen LogP) is 2.41. The molecule has 1 aliphatic heterocycles. The quantitative estimate of drug-likeness (QED) is 0.673. The van der Waals surface area contributed by atoms with Crippen molar-refractivity contribution in [1.29, 1.82) is 0 Å². The van der Waals surface area contributed by atoms with Crippen LogP contribution in [-0.2, 0) is 9.59 Å². The van der Waals surface area contributed by atoms with Crippen molar-refractivity contribution in [1.82, 2.24) is 10.3 Å². The number of hydrogen-bond acceptors (Lipinski definition) is 5. The van der Waals surface area contributed by atoms with E-state index in [1.54, 1.807) is 18.2 Å². The van der Waals surface area contributed by atoms with Gasteiger partial charge in [0.1, 0.15) is 11.3 Å². The highest BCUT2D eigenvalue weighted by Gasteiger charge is 2.36. The zero-order chi connectivity index (χ0) is 18.0. The van der Waals surface area contributed by atoms with Crippen molar-refractivity contribution in [2.24, 2.45) is 0 Å². The Morgan fingerprint density at radius 2 is 1.88 bits per heavy atom. The Labute approximate surface area is 147 Å². The Morgan fingerprint density at radius 1 is 1.16 bits per heavy atom. The fourth-order valence-electron chi connectivity index (χ4n) is 2.32. The van der Waals surface area contributed by atoms with Crippen molar-refractivity contribution in [2.75, 3.05) is 12.0 Å². The van der Waals surface area contributed by atoms with Crippen molar-refractivity contribution < 1.29 is 19.1 Å². The van der Waals surface area contributed by atoms with Gasteiger partial charge >= 0.3 is 6.03 Å². The molecule has 0 spiro atoms. The average Bonchev–Trinajstić information content (AvgIpc) is 2.59. The van der Waals surface area contributed by atoms with Crippen LogP contribution in [0.15, 0.2) is 48.3 Å². The van der Waals surface area contributed by atoms with E-state index in [4.69, 9.17) is 16.3 Å². The number of urea groups is 1. The smallest absolute Gasteiger partial charge is 0.335 e. The maximum absolute atomic E-state index is 12.7. The molecule has 25 heavy (non-hydrogen) atoms. The minimum Gasteiger partial charge on any atom is -0.495 e. The Kier molecular flexibility index (Phi) is 4.49. The van der Waals surface area contributed by atoms with E-state index in [9.17, 15) is 14.4 Å². The van der Waals surface area contributed by atoms with Gasteiger partial charge in [-0.3, -0.25) is 19.9 Å². The van der Waals surface area contributed by atoms with Gasteiger partial charge in [-0.1, -0.05) is 17.7 Å². The third kappa shape index (κ3) is 3.22. The van der Waals surface area contributed by atoms with Crippen LogP contribution >= 0.6 is 11.6 Å². The van der Waals surface area contributed by atoms with E-state index in [2.05, 4.69) is 10.3 Å². The number of ether oxygens (including phenoxy) is 1. The lowest BCUT2D eigenvalue weighted by Crippen LogP contribution is -2.54. The molecule has 126 valence electrons. The van der Waals surface area contributed by atoms with Crippen LogP contribution in [-0.4, -0.2) is 29.9 Å². The predicted molar refractivity (Wildman–Crippen MR) is 91.2 cm³/mol. The number of nitrogens with one attached hydrogen (secondary N) is 1. The molecule has 0 bridgehead atoms. The number of nitrogens with zero attached hydrogens (tertiary/aromatic N) is 2. The lowest BCUT2D eigenvalue weighted by molar-refractivity contribution is -0.122. The summed E-state index contributed by atoms with van der Waals surface area (Å²) in [5, 5.41) is 2.48. The van der Waals surface area contributed by atoms with Crippen LogP contribution in [0.5, 0.6) is 5.75 Å². The fourth-order valence-corrected chi connectivity index (χ4v) is 2.59. The molecule has 0 saturated carbocycles. The molecule has 1 saturated heterocycles. The van der Waals surface area contributed by atoms with Crippen molar-refractivity contribution in [3.63, 3.8) is 0 Å². The van der Waals surface area contributed by atoms with Crippen LogP contribution in [0.2, 0.25) is 5.02 Å². The van der Waals surface area contributed by atoms with Crippen LogP contribution in [0.4, 0.5) is 10.5 Å². The van der Waals surface area contributed by atoms with Crippen LogP contribution in [0, 0.1) is 0 Å². The summed E-state index contributed by atoms with van der Waals surface area (Å²) in [5.74, 6) is -1.03. The highest BCUT2D eigenvalue weighted by atomic mass is 35.5. The van der Waals surface area contributed by atoms with Gasteiger partial charge in [-0.25, -0.2) is 9.69 Å². The molecule has 1 aliphatic rings. The molecule has 0 radical (unpaired) electrons. The zero-order valence-electron chi connectivity index (χ0n) is 13.0. The van der Waals surface area contributed by atoms with Gasteiger partial charge in [-0.15, -0.1) is 0 Å². The molecule has 2 heterocycles. The highest BCUT2D eigenvalue weighted by Crippen LogP contribution is 2.27. The minimum atomic E-state index is -0.814. The number of hydrogen-bond donors (Lipinski definition) is 1. The SMILES string of the molecule is COc1ccc(/C=C2\C(=O)NC(=O)N(c3ccncc3)C2=O)cc1Cl. The van der Waals surface area contributed by atoms with Gasteiger partial charge in [0, 0.05) is 12.4 Å². The summed E-state index contributed by atoms with van der Waals surface area (Å²) < 4.78 is 5.06. The molecular formula is C17H12ClN3O4. The number of amides is 4. The summed E-state index contributed by atoms with van der Waals surface area (Å²) in [6, 6.07) is 6.99. The number of carbonyl (C=O) groups is 3. The molecule has 7 nitrogen and oxygen atoms in total. The first-order valence-corrected chi connectivity index (χ1v) is 7.54. The zero-order valence-corrected chi connectivity index (χ0v) is 13.8. The number of anilines is 1. The summed E-state index contributed by atoms with van der Waals surface area (Å²) >= 11 is 6.06. The molecule has 1 aromatic carbocycles. The molecular weight excluding hydrogens is 346 g/mol. The summed E-state index contributed by atoms with van der Waals surface area (Å²) in [6.07, 6.45) is 4.25. The molecule has 0 atom stereocenters. The lowest BCUT2D eigenvalue weighted by Gasteiger charge is -2.26. The minimum absolute atomic E-state index is 0.183. The fraction of sp³-hybridized carbons (Fsp3) is 0.0588. The van der Waals surface area contributed by atoms with E-state index in [1.165, 1.54) is 37.7 Å². The van der Waals surface area contributed by atoms with Crippen LogP contribution < -0.4 is 15.0 Å². The maximum atomic E-state index is 12.7. The first-order valence-electron chi connectivity index (χ1n) is 7.16. The van der Waals surface area contributed by atoms with Crippen molar-refractivity contribution in [3.8, 4) is 5.75 Å². The second-order valence-electron chi connectivity index (χ2n) is 5.06. The Balaban J connectivity index is 2.00. The van der Waals surface area contributed by atoms with E-state index in [0.29, 0.717) is 22.0 Å². The standard InChI is InChI=1S/C17H12ClN3O4/c1-25-14-3-2-10(9-13(14)18)8-12-15(22)20-17(24)21(16(12)23)11-4-6-19-7-5-11/h2-9H,1H3,(H,20,22,24)/b12-8+. The second-order valence-corrected chi connectivity index (χ2v) is 5.46. The number of methoxy groups -OCH3 is 1. The van der Waals surface area contributed by atoms with Crippen molar-refractivity contribution >= 4 is 41.2 Å². The van der Waals surface area contributed by atoms with E-state index < -0.39 is 17.8 Å². The van der Waals surface area contributed by atoms with Gasteiger partial charge < -0.3 is 4.74 Å². The number of halogens is 1. The van der Waals surface area contributed by atoms with Gasteiger partial charge in [0.25, 0.3) is 11.8 Å². The van der Waals surface area contributed by atoms with Gasteiger partial charge in [-0.2, -0.15) is 0 Å². The van der Waals surface area contributed by atoms with Gasteiger partial charge in [-0.05, 0) is 35.9 Å². The molecule has 0 unspecified atom stereocenters. The molecule has 1 N–H and O–H groups in total. The van der Waals surface area contributed by atoms with Gasteiger partial charge in [0.2, 0.25) is 0 Å². The number of aromatic nitrogens is 1. The summed E-state index contributed by atoms with van der Waals surface area (Å²) in [4.78, 5) is 41.5. The molecule has 1 aromatic heterocycles. The van der Waals surface area contributed by atoms with E-state index >= 15 is 0 Å². The van der Waals surface area contributed by atoms with Crippen molar-refractivity contribution in [3.05, 3.63) is 58.9 Å². The first-order chi connectivity index (χ1) is 12.0. The van der Waals surface area contributed by atoms with E-state index in [0.717, 1.165) is 4.90 Å². The molecule has 1 fully saturated rings. The van der Waals surface area contributed by atoms with Gasteiger partial charge in [0.05, 0.1) is 17.8 Å². The maximum Gasteiger partial charge on any atom is 0.335 e. The highest BCUT2D eigenvalue weighted by molar-refractivity contribution is 6.39. The molecule has 3 rings (SSSR count). The summed E-state index contributed by atoms with van der Waals surface area (Å²) in [6.45, 7) is 0. The molecule has 4 amide bonds. The molecule has 8 heteroatoms. The molecule has 0 aliphatic carbocycles. The van der Waals surface area contributed by atoms with Crippen molar-refractivity contribution in [2.45, 2.75) is 0 Å². The summed E-state index contributed by atoms with van der Waals surface area (Å²) in [7, 11) is 1.48. The van der Waals surface area contributed by atoms with E-state index in [-0.39, 0.29) is 5.57 Å². The number of imide groups is 2. The van der Waals surface area contributed by atoms with Crippen LogP contribution in [0.3, 0.4) is 0 Å². The summed E-state index contributed by atoms with van der Waals surface area (Å²) in [5.41, 5.74) is 0.648. The normalized spacial score (nSPS) is 16.2. The Bertz CT molecular complexity index is 896. The van der Waals surface area contributed by atoms with Gasteiger partial charge in [0.15, 0.2) is 0 Å². The third-order valence-electron chi connectivity index (χ3n) is 3.51. The molecule has 2 aromatic rings. The number of carbonyl (C=O) groups excluding carboxylic acids is 3. The van der Waals surface area contributed by atoms with E-state index in [1.807, 2.05) is 0 Å². The largest absolute Gasteiger partial charge is 0.495 e. The number of pyridine rings is 1. The average molecular weight is 358 g/mol. The lowest BCUT2D eigenvalue weighted by atomic mass is 10.1. The topological polar surface area (TPSA) is 88.6 Å². The Morgan fingerprint density at radius 3 is 2.52 bits per heavy atom. The monoisotopic (exact) mass is 357 g/mol. The van der Waals surface area contributed by atoms with Crippen LogP contribution in [0.25, 0.3) is 6.08 Å². The number of benzene rings is 1. The Hall–Kier alpha value is -3.19. The van der Waals surface area contributed by atoms with Crippen LogP contribution in [0.1, 0.15) is 5.56 Å². The second kappa shape index (κ2) is 6.74. The number of barbiturate groups is 1.